The molecule has 0 aliphatic rings. The Morgan fingerprint density at radius 1 is 0.969 bits per heavy atom. The van der Waals surface area contributed by atoms with Gasteiger partial charge in [-0.05, 0) is 48.9 Å². The summed E-state index contributed by atoms with van der Waals surface area (Å²) in [7, 11) is 1.55. The molecule has 0 N–H and O–H groups in total. The summed E-state index contributed by atoms with van der Waals surface area (Å²) >= 11 is 0. The third kappa shape index (κ3) is 4.39. The number of aryl methyl sites for hydroxylation is 1. The van der Waals surface area contributed by atoms with Crippen molar-refractivity contribution < 1.29 is 23.6 Å². The van der Waals surface area contributed by atoms with Crippen LogP contribution in [0.4, 0.5) is 5.69 Å². The summed E-state index contributed by atoms with van der Waals surface area (Å²) in [6, 6.07) is 18.0. The van der Waals surface area contributed by atoms with Gasteiger partial charge in [0.1, 0.15) is 35.2 Å². The molecule has 3 aromatic carbocycles. The van der Waals surface area contributed by atoms with Crippen LogP contribution in [-0.2, 0) is 6.61 Å². The molecule has 0 radical (unpaired) electrons. The van der Waals surface area contributed by atoms with E-state index in [0.717, 1.165) is 5.56 Å². The van der Waals surface area contributed by atoms with E-state index in [1.807, 2.05) is 0 Å². The van der Waals surface area contributed by atoms with Crippen LogP contribution in [0.3, 0.4) is 0 Å². The normalized spacial score (nSPS) is 10.7. The molecule has 0 atom stereocenters. The van der Waals surface area contributed by atoms with Gasteiger partial charge in [0.25, 0.3) is 5.69 Å². The zero-order valence-electron chi connectivity index (χ0n) is 17.4. The van der Waals surface area contributed by atoms with Gasteiger partial charge in [0.05, 0.1) is 17.4 Å². The fraction of sp³-hybridized carbons (Fsp3) is 0.125. The van der Waals surface area contributed by atoms with Crippen LogP contribution in [0.2, 0.25) is 0 Å². The third-order valence-corrected chi connectivity index (χ3v) is 4.80. The SMILES string of the molecule is COc1cccc(Oc2c(C)oc3cc(OCc4ccc([N+](=O)[O-])cc4)ccc3c2=O)c1. The van der Waals surface area contributed by atoms with Gasteiger partial charge in [0.2, 0.25) is 11.2 Å². The van der Waals surface area contributed by atoms with Crippen molar-refractivity contribution in [2.45, 2.75) is 13.5 Å². The monoisotopic (exact) mass is 433 g/mol. The second-order valence-electron chi connectivity index (χ2n) is 6.97. The van der Waals surface area contributed by atoms with Crippen LogP contribution < -0.4 is 19.6 Å². The van der Waals surface area contributed by atoms with Crippen LogP contribution in [0, 0.1) is 17.0 Å². The van der Waals surface area contributed by atoms with Gasteiger partial charge in [0, 0.05) is 24.3 Å². The summed E-state index contributed by atoms with van der Waals surface area (Å²) in [4.78, 5) is 23.3. The Kier molecular flexibility index (Phi) is 5.76. The molecule has 0 fully saturated rings. The maximum absolute atomic E-state index is 13.0. The van der Waals surface area contributed by atoms with Crippen molar-refractivity contribution in [3.63, 3.8) is 0 Å². The van der Waals surface area contributed by atoms with E-state index in [4.69, 9.17) is 18.6 Å². The second kappa shape index (κ2) is 8.81. The number of hydrogen-bond donors (Lipinski definition) is 0. The molecule has 4 aromatic rings. The molecule has 0 spiro atoms. The fourth-order valence-corrected chi connectivity index (χ4v) is 3.14. The molecule has 8 heteroatoms. The van der Waals surface area contributed by atoms with Gasteiger partial charge in [0.15, 0.2) is 0 Å². The molecule has 8 nitrogen and oxygen atoms in total. The lowest BCUT2D eigenvalue weighted by molar-refractivity contribution is -0.384. The van der Waals surface area contributed by atoms with Gasteiger partial charge in [-0.1, -0.05) is 6.07 Å². The van der Waals surface area contributed by atoms with Crippen molar-refractivity contribution in [1.29, 1.82) is 0 Å². The van der Waals surface area contributed by atoms with Crippen molar-refractivity contribution in [1.82, 2.24) is 0 Å². The van der Waals surface area contributed by atoms with Crippen molar-refractivity contribution in [2.24, 2.45) is 0 Å². The highest BCUT2D eigenvalue weighted by molar-refractivity contribution is 5.79. The second-order valence-corrected chi connectivity index (χ2v) is 6.97. The topological polar surface area (TPSA) is 101 Å². The summed E-state index contributed by atoms with van der Waals surface area (Å²) in [5.74, 6) is 2.00. The molecule has 1 aromatic heterocycles. The molecule has 0 bridgehead atoms. The molecule has 0 saturated carbocycles. The Bertz CT molecular complexity index is 1340. The maximum Gasteiger partial charge on any atom is 0.269 e. The molecule has 0 amide bonds. The minimum atomic E-state index is -0.454. The number of nitrogens with zero attached hydrogens (tertiary/aromatic N) is 1. The highest BCUT2D eigenvalue weighted by atomic mass is 16.6. The quantitative estimate of drug-likeness (QED) is 0.284. The smallest absolute Gasteiger partial charge is 0.269 e. The van der Waals surface area contributed by atoms with Gasteiger partial charge in [-0.25, -0.2) is 0 Å². The Labute approximate surface area is 182 Å². The first kappa shape index (κ1) is 20.9. The standard InChI is InChI=1S/C24H19NO7/c1-15-24(32-20-5-3-4-18(12-20)29-2)23(26)21-11-10-19(13-22(21)31-15)30-14-16-6-8-17(9-7-16)25(27)28/h3-13H,14H2,1-2H3. The van der Waals surface area contributed by atoms with Crippen LogP contribution in [0.1, 0.15) is 11.3 Å². The predicted molar refractivity (Wildman–Crippen MR) is 118 cm³/mol. The number of benzene rings is 3. The average Bonchev–Trinajstić information content (AvgIpc) is 2.80. The molecular weight excluding hydrogens is 414 g/mol. The number of rotatable bonds is 7. The zero-order chi connectivity index (χ0) is 22.7. The van der Waals surface area contributed by atoms with Crippen molar-refractivity contribution in [2.75, 3.05) is 7.11 Å². The maximum atomic E-state index is 13.0. The van der Waals surface area contributed by atoms with Crippen LogP contribution in [0.15, 0.2) is 75.9 Å². The highest BCUT2D eigenvalue weighted by Gasteiger charge is 2.15. The van der Waals surface area contributed by atoms with Crippen LogP contribution in [0.25, 0.3) is 11.0 Å². The lowest BCUT2D eigenvalue weighted by atomic mass is 10.2. The predicted octanol–water partition coefficient (Wildman–Crippen LogP) is 5.39. The van der Waals surface area contributed by atoms with E-state index >= 15 is 0 Å². The van der Waals surface area contributed by atoms with Crippen molar-refractivity contribution >= 4 is 16.7 Å². The number of nitro groups is 1. The number of ether oxygens (including phenoxy) is 3. The van der Waals surface area contributed by atoms with E-state index in [1.54, 1.807) is 68.6 Å². The van der Waals surface area contributed by atoms with Gasteiger partial charge >= 0.3 is 0 Å². The summed E-state index contributed by atoms with van der Waals surface area (Å²) in [6.45, 7) is 1.87. The molecular formula is C24H19NO7. The minimum absolute atomic E-state index is 0.0173. The Morgan fingerprint density at radius 2 is 1.72 bits per heavy atom. The summed E-state index contributed by atoms with van der Waals surface area (Å²) in [6.07, 6.45) is 0. The molecule has 0 aliphatic heterocycles. The molecule has 1 heterocycles. The van der Waals surface area contributed by atoms with E-state index in [-0.39, 0.29) is 23.5 Å². The molecule has 162 valence electrons. The number of fused-ring (bicyclic) bond motifs is 1. The van der Waals surface area contributed by atoms with Gasteiger partial charge < -0.3 is 18.6 Å². The van der Waals surface area contributed by atoms with Crippen LogP contribution >= 0.6 is 0 Å². The number of nitro benzene ring substituents is 1. The lowest BCUT2D eigenvalue weighted by Crippen LogP contribution is -2.07. The summed E-state index contributed by atoms with van der Waals surface area (Å²) in [5.41, 5.74) is 0.860. The highest BCUT2D eigenvalue weighted by Crippen LogP contribution is 2.29. The van der Waals surface area contributed by atoms with E-state index in [2.05, 4.69) is 0 Å². The largest absolute Gasteiger partial charge is 0.497 e. The van der Waals surface area contributed by atoms with Crippen LogP contribution in [-0.4, -0.2) is 12.0 Å². The first-order valence-electron chi connectivity index (χ1n) is 9.70. The first-order valence-corrected chi connectivity index (χ1v) is 9.70. The van der Waals surface area contributed by atoms with E-state index < -0.39 is 4.92 Å². The van der Waals surface area contributed by atoms with Gasteiger partial charge in [-0.15, -0.1) is 0 Å². The minimum Gasteiger partial charge on any atom is -0.497 e. The van der Waals surface area contributed by atoms with Crippen LogP contribution in [0.5, 0.6) is 23.0 Å². The molecule has 4 rings (SSSR count). The lowest BCUT2D eigenvalue weighted by Gasteiger charge is -2.11. The van der Waals surface area contributed by atoms with Gasteiger partial charge in [-0.2, -0.15) is 0 Å². The molecule has 0 aliphatic carbocycles. The number of non-ortho nitro benzene ring substituents is 1. The molecule has 0 unspecified atom stereocenters. The number of methoxy groups -OCH3 is 1. The van der Waals surface area contributed by atoms with E-state index in [9.17, 15) is 14.9 Å². The zero-order valence-corrected chi connectivity index (χ0v) is 17.4. The fourth-order valence-electron chi connectivity index (χ4n) is 3.14. The summed E-state index contributed by atoms with van der Waals surface area (Å²) in [5, 5.41) is 11.1. The summed E-state index contributed by atoms with van der Waals surface area (Å²) < 4.78 is 22.5. The molecule has 0 saturated heterocycles. The average molecular weight is 433 g/mol. The first-order chi connectivity index (χ1) is 15.4. The Morgan fingerprint density at radius 3 is 2.44 bits per heavy atom. The third-order valence-electron chi connectivity index (χ3n) is 4.80. The van der Waals surface area contributed by atoms with E-state index in [1.165, 1.54) is 12.1 Å². The Balaban J connectivity index is 1.56. The number of hydrogen-bond acceptors (Lipinski definition) is 7. The van der Waals surface area contributed by atoms with Crippen molar-refractivity contribution in [3.05, 3.63) is 98.4 Å². The van der Waals surface area contributed by atoms with Crippen molar-refractivity contribution in [3.8, 4) is 23.0 Å². The molecule has 32 heavy (non-hydrogen) atoms. The van der Waals surface area contributed by atoms with Gasteiger partial charge in [-0.3, -0.25) is 14.9 Å². The van der Waals surface area contributed by atoms with E-state index in [0.29, 0.717) is 34.0 Å². The Hall–Kier alpha value is -4.33.